The molecule has 0 aliphatic heterocycles. The molecule has 0 saturated heterocycles. The molecule has 0 spiro atoms. The van der Waals surface area contributed by atoms with E-state index in [2.05, 4.69) is 62.2 Å². The van der Waals surface area contributed by atoms with Crippen LogP contribution in [0.3, 0.4) is 0 Å². The average molecular weight is 626 g/mol. The Balaban J connectivity index is 1.21. The molecule has 0 bridgehead atoms. The van der Waals surface area contributed by atoms with Crippen LogP contribution in [0.5, 0.6) is 0 Å². The van der Waals surface area contributed by atoms with E-state index in [9.17, 15) is 0 Å². The number of hydrogen-bond acceptors (Lipinski definition) is 8. The number of nitrogens with zero attached hydrogens (tertiary/aromatic N) is 6. The molecule has 7 rings (SSSR count). The van der Waals surface area contributed by atoms with Crippen LogP contribution >= 0.6 is 31.9 Å². The third kappa shape index (κ3) is 4.17. The van der Waals surface area contributed by atoms with Crippen LogP contribution < -0.4 is 0 Å². The molecule has 0 fully saturated rings. The van der Waals surface area contributed by atoms with Gasteiger partial charge in [-0.2, -0.15) is 0 Å². The summed E-state index contributed by atoms with van der Waals surface area (Å²) in [5.41, 5.74) is 4.69. The lowest BCUT2D eigenvalue weighted by molar-refractivity contribution is 0.584. The molecule has 0 N–H and O–H groups in total. The summed E-state index contributed by atoms with van der Waals surface area (Å²) in [6.45, 7) is 0. The van der Waals surface area contributed by atoms with Crippen molar-refractivity contribution in [1.29, 1.82) is 0 Å². The number of hydrogen-bond donors (Lipinski definition) is 0. The number of fused-ring (bicyclic) bond motifs is 3. The Morgan fingerprint density at radius 1 is 0.447 bits per heavy atom. The van der Waals surface area contributed by atoms with Gasteiger partial charge in [-0.25, -0.2) is 0 Å². The van der Waals surface area contributed by atoms with E-state index in [1.807, 2.05) is 72.8 Å². The molecule has 4 aromatic heterocycles. The smallest absolute Gasteiger partial charge is 0.249 e. The molecule has 0 saturated carbocycles. The van der Waals surface area contributed by atoms with E-state index >= 15 is 0 Å². The maximum atomic E-state index is 5.92. The first-order valence-electron chi connectivity index (χ1n) is 11.5. The van der Waals surface area contributed by atoms with E-state index in [0.29, 0.717) is 23.6 Å². The van der Waals surface area contributed by atoms with Crippen molar-refractivity contribution in [2.75, 3.05) is 0 Å². The van der Waals surface area contributed by atoms with Gasteiger partial charge < -0.3 is 8.83 Å². The molecule has 0 atom stereocenters. The van der Waals surface area contributed by atoms with Crippen molar-refractivity contribution in [2.45, 2.75) is 0 Å². The van der Waals surface area contributed by atoms with Gasteiger partial charge in [0.05, 0.1) is 22.2 Å². The van der Waals surface area contributed by atoms with E-state index in [-0.39, 0.29) is 0 Å². The topological polar surface area (TPSA) is 104 Å². The standard InChI is InChI=1S/C28H14Br2N6O2/c29-21-7-3-15(4-8-21)25-33-35-27(37-25)19-11-17-1-2-18-12-20(14-32-24(18)23(17)31-13-19)28-36-34-26(38-28)16-5-9-22(30)10-6-16/h1-14H. The molecule has 0 aliphatic rings. The lowest BCUT2D eigenvalue weighted by Gasteiger charge is -2.05. The van der Waals surface area contributed by atoms with Gasteiger partial charge in [-0.3, -0.25) is 9.97 Å². The van der Waals surface area contributed by atoms with Gasteiger partial charge in [0.2, 0.25) is 23.6 Å². The Labute approximate surface area is 232 Å². The fourth-order valence-corrected chi connectivity index (χ4v) is 4.65. The fourth-order valence-electron chi connectivity index (χ4n) is 4.12. The summed E-state index contributed by atoms with van der Waals surface area (Å²) >= 11 is 6.87. The van der Waals surface area contributed by atoms with Gasteiger partial charge in [0.15, 0.2) is 0 Å². The van der Waals surface area contributed by atoms with Gasteiger partial charge in [-0.05, 0) is 60.7 Å². The van der Waals surface area contributed by atoms with Crippen molar-refractivity contribution in [3.63, 3.8) is 0 Å². The Bertz CT molecular complexity index is 1810. The molecule has 182 valence electrons. The molecular weight excluding hydrogens is 612 g/mol. The van der Waals surface area contributed by atoms with Crippen LogP contribution in [-0.4, -0.2) is 30.4 Å². The first-order valence-corrected chi connectivity index (χ1v) is 13.1. The van der Waals surface area contributed by atoms with Crippen molar-refractivity contribution in [1.82, 2.24) is 30.4 Å². The minimum atomic E-state index is 0.402. The number of rotatable bonds is 4. The first-order chi connectivity index (χ1) is 18.6. The van der Waals surface area contributed by atoms with E-state index in [4.69, 9.17) is 8.83 Å². The highest BCUT2D eigenvalue weighted by molar-refractivity contribution is 9.10. The highest BCUT2D eigenvalue weighted by Crippen LogP contribution is 2.31. The summed E-state index contributed by atoms with van der Waals surface area (Å²) in [4.78, 5) is 9.36. The maximum absolute atomic E-state index is 5.92. The second-order valence-corrected chi connectivity index (χ2v) is 10.3. The molecule has 0 unspecified atom stereocenters. The van der Waals surface area contributed by atoms with Crippen LogP contribution in [0, 0.1) is 0 Å². The highest BCUT2D eigenvalue weighted by Gasteiger charge is 2.15. The molecule has 4 heterocycles. The number of pyridine rings is 2. The predicted molar refractivity (Wildman–Crippen MR) is 150 cm³/mol. The molecule has 7 aromatic rings. The minimum Gasteiger partial charge on any atom is -0.416 e. The van der Waals surface area contributed by atoms with Gasteiger partial charge in [-0.1, -0.05) is 44.0 Å². The van der Waals surface area contributed by atoms with E-state index in [1.54, 1.807) is 12.4 Å². The normalized spacial score (nSPS) is 11.4. The Hall–Kier alpha value is -4.28. The van der Waals surface area contributed by atoms with Crippen LogP contribution in [0.25, 0.3) is 67.6 Å². The molecule has 0 amide bonds. The van der Waals surface area contributed by atoms with Crippen molar-refractivity contribution >= 4 is 53.7 Å². The van der Waals surface area contributed by atoms with E-state index in [0.717, 1.165) is 53.0 Å². The van der Waals surface area contributed by atoms with Gasteiger partial charge in [0.25, 0.3) is 0 Å². The number of halogens is 2. The van der Waals surface area contributed by atoms with Crippen molar-refractivity contribution in [2.24, 2.45) is 0 Å². The first kappa shape index (κ1) is 22.9. The summed E-state index contributed by atoms with van der Waals surface area (Å²) in [6, 6.07) is 23.3. The summed E-state index contributed by atoms with van der Waals surface area (Å²) in [5, 5.41) is 18.6. The maximum Gasteiger partial charge on any atom is 0.249 e. The lowest BCUT2D eigenvalue weighted by Crippen LogP contribution is -1.89. The molecule has 3 aromatic carbocycles. The zero-order valence-electron chi connectivity index (χ0n) is 19.3. The van der Waals surface area contributed by atoms with Crippen LogP contribution in [0.15, 0.2) is 103 Å². The third-order valence-corrected chi connectivity index (χ3v) is 7.08. The quantitative estimate of drug-likeness (QED) is 0.183. The van der Waals surface area contributed by atoms with Gasteiger partial charge in [0, 0.05) is 43.2 Å². The van der Waals surface area contributed by atoms with Crippen molar-refractivity contribution < 1.29 is 8.83 Å². The van der Waals surface area contributed by atoms with Gasteiger partial charge >= 0.3 is 0 Å². The highest BCUT2D eigenvalue weighted by atomic mass is 79.9. The zero-order valence-corrected chi connectivity index (χ0v) is 22.5. The SMILES string of the molecule is Brc1ccc(-c2nnc(-c3cnc4c(ccc5cc(-c6nnc(-c7ccc(Br)cc7)o6)cnc54)c3)o2)cc1. The molecule has 8 nitrogen and oxygen atoms in total. The van der Waals surface area contributed by atoms with Gasteiger partial charge in [0.1, 0.15) is 0 Å². The van der Waals surface area contributed by atoms with E-state index < -0.39 is 0 Å². The summed E-state index contributed by atoms with van der Waals surface area (Å²) in [7, 11) is 0. The zero-order chi connectivity index (χ0) is 25.6. The minimum absolute atomic E-state index is 0.402. The molecule has 10 heteroatoms. The fraction of sp³-hybridized carbons (Fsp3) is 0. The van der Waals surface area contributed by atoms with Crippen LogP contribution in [-0.2, 0) is 0 Å². The van der Waals surface area contributed by atoms with E-state index in [1.165, 1.54) is 0 Å². The monoisotopic (exact) mass is 624 g/mol. The second-order valence-electron chi connectivity index (χ2n) is 8.50. The summed E-state index contributed by atoms with van der Waals surface area (Å²) < 4.78 is 13.8. The second kappa shape index (κ2) is 9.23. The Kier molecular flexibility index (Phi) is 5.56. The third-order valence-electron chi connectivity index (χ3n) is 6.03. The summed E-state index contributed by atoms with van der Waals surface area (Å²) in [6.07, 6.45) is 3.44. The van der Waals surface area contributed by atoms with Crippen LogP contribution in [0.2, 0.25) is 0 Å². The molecule has 38 heavy (non-hydrogen) atoms. The number of benzene rings is 3. The van der Waals surface area contributed by atoms with Crippen molar-refractivity contribution in [3.05, 3.63) is 94.1 Å². The Morgan fingerprint density at radius 3 is 1.21 bits per heavy atom. The van der Waals surface area contributed by atoms with Crippen LogP contribution in [0.1, 0.15) is 0 Å². The predicted octanol–water partition coefficient (Wildman–Crippen LogP) is 7.74. The van der Waals surface area contributed by atoms with Crippen molar-refractivity contribution in [3.8, 4) is 45.8 Å². The lowest BCUT2D eigenvalue weighted by atomic mass is 10.1. The molecule has 0 aliphatic carbocycles. The van der Waals surface area contributed by atoms with Gasteiger partial charge in [-0.15, -0.1) is 20.4 Å². The largest absolute Gasteiger partial charge is 0.416 e. The summed E-state index contributed by atoms with van der Waals surface area (Å²) in [5.74, 6) is 1.70. The Morgan fingerprint density at radius 2 is 0.816 bits per heavy atom. The molecular formula is C28H14Br2N6O2. The average Bonchev–Trinajstić information content (AvgIpc) is 3.64. The number of aromatic nitrogens is 6. The molecule has 0 radical (unpaired) electrons. The van der Waals surface area contributed by atoms with Crippen LogP contribution in [0.4, 0.5) is 0 Å².